The van der Waals surface area contributed by atoms with E-state index >= 15 is 0 Å². The molecule has 4 rings (SSSR count). The number of anilines is 1. The highest BCUT2D eigenvalue weighted by Crippen LogP contribution is 2.59. The van der Waals surface area contributed by atoms with Gasteiger partial charge in [0.15, 0.2) is 0 Å². The number of aromatic nitrogens is 1. The van der Waals surface area contributed by atoms with Crippen molar-refractivity contribution in [2.24, 2.45) is 5.41 Å². The first-order chi connectivity index (χ1) is 16.1. The fraction of sp³-hybridized carbons (Fsp3) is 0.538. The molecule has 2 fully saturated rings. The molecule has 2 aliphatic rings. The summed E-state index contributed by atoms with van der Waals surface area (Å²) in [6.07, 6.45) is -2.03. The van der Waals surface area contributed by atoms with E-state index in [0.717, 1.165) is 30.8 Å². The molecular formula is C26H31F3N2O3. The monoisotopic (exact) mass is 476 g/mol. The maximum absolute atomic E-state index is 13.2. The quantitative estimate of drug-likeness (QED) is 0.449. The average Bonchev–Trinajstić information content (AvgIpc) is 3.48. The van der Waals surface area contributed by atoms with Crippen molar-refractivity contribution < 1.29 is 27.4 Å². The number of carbonyl (C=O) groups is 1. The molecule has 5 nitrogen and oxygen atoms in total. The molecule has 2 heterocycles. The molecule has 1 aromatic carbocycles. The normalized spacial score (nSPS) is 20.3. The minimum Gasteiger partial charge on any atom is -0.489 e. The van der Waals surface area contributed by atoms with Crippen molar-refractivity contribution >= 4 is 11.5 Å². The zero-order valence-corrected chi connectivity index (χ0v) is 19.8. The van der Waals surface area contributed by atoms with Crippen LogP contribution in [0.5, 0.6) is 11.6 Å². The highest BCUT2D eigenvalue weighted by molar-refractivity contribution is 5.88. The Balaban J connectivity index is 1.31. The van der Waals surface area contributed by atoms with Gasteiger partial charge >= 0.3 is 6.18 Å². The summed E-state index contributed by atoms with van der Waals surface area (Å²) in [6, 6.07) is 11.2. The van der Waals surface area contributed by atoms with Gasteiger partial charge in [-0.1, -0.05) is 19.1 Å². The van der Waals surface area contributed by atoms with Crippen molar-refractivity contribution in [3.8, 4) is 11.6 Å². The lowest BCUT2D eigenvalue weighted by molar-refractivity contribution is -0.191. The van der Waals surface area contributed by atoms with Crippen LogP contribution in [-0.4, -0.2) is 42.2 Å². The molecule has 1 aliphatic carbocycles. The van der Waals surface area contributed by atoms with E-state index < -0.39 is 17.4 Å². The summed E-state index contributed by atoms with van der Waals surface area (Å²) in [7, 11) is 0. The zero-order chi connectivity index (χ0) is 24.5. The van der Waals surface area contributed by atoms with E-state index in [-0.39, 0.29) is 37.4 Å². The van der Waals surface area contributed by atoms with Gasteiger partial charge < -0.3 is 14.4 Å². The van der Waals surface area contributed by atoms with Gasteiger partial charge in [0.05, 0.1) is 12.6 Å². The third-order valence-electron chi connectivity index (χ3n) is 6.65. The number of rotatable bonds is 9. The molecule has 2 atom stereocenters. The van der Waals surface area contributed by atoms with Crippen molar-refractivity contribution in [1.82, 2.24) is 4.98 Å². The second kappa shape index (κ2) is 9.47. The molecule has 0 radical (unpaired) electrons. The van der Waals surface area contributed by atoms with Crippen molar-refractivity contribution in [3.63, 3.8) is 0 Å². The van der Waals surface area contributed by atoms with Crippen molar-refractivity contribution in [2.75, 3.05) is 18.0 Å². The van der Waals surface area contributed by atoms with Gasteiger partial charge in [0.2, 0.25) is 5.88 Å². The number of halogens is 3. The number of ketones is 1. The Morgan fingerprint density at radius 2 is 1.88 bits per heavy atom. The van der Waals surface area contributed by atoms with Gasteiger partial charge in [0, 0.05) is 37.3 Å². The fourth-order valence-electron chi connectivity index (χ4n) is 4.46. The zero-order valence-electron chi connectivity index (χ0n) is 19.8. The van der Waals surface area contributed by atoms with Crippen molar-refractivity contribution in [1.29, 1.82) is 0 Å². The third-order valence-corrected chi connectivity index (χ3v) is 6.65. The van der Waals surface area contributed by atoms with Gasteiger partial charge in [-0.3, -0.25) is 4.79 Å². The third kappa shape index (κ3) is 5.31. The number of Topliss-reactive ketones (excluding diaryl/α,β-unsaturated/α-hetero) is 1. The number of benzene rings is 1. The second-order valence-corrected chi connectivity index (χ2v) is 9.67. The number of pyridine rings is 1. The summed E-state index contributed by atoms with van der Waals surface area (Å²) in [5.74, 6) is 0.332. The van der Waals surface area contributed by atoms with Crippen LogP contribution in [-0.2, 0) is 4.79 Å². The Labute approximate surface area is 198 Å². The van der Waals surface area contributed by atoms with E-state index in [1.165, 1.54) is 0 Å². The fourth-order valence-corrected chi connectivity index (χ4v) is 4.46. The highest BCUT2D eigenvalue weighted by atomic mass is 19.4. The van der Waals surface area contributed by atoms with Gasteiger partial charge in [-0.05, 0) is 56.4 Å². The van der Waals surface area contributed by atoms with Crippen LogP contribution >= 0.6 is 0 Å². The molecule has 0 bridgehead atoms. The van der Waals surface area contributed by atoms with E-state index in [0.29, 0.717) is 11.6 Å². The molecule has 0 spiro atoms. The molecule has 0 amide bonds. The highest BCUT2D eigenvalue weighted by Gasteiger charge is 2.67. The van der Waals surface area contributed by atoms with E-state index in [2.05, 4.69) is 9.88 Å². The first-order valence-electron chi connectivity index (χ1n) is 11.8. The van der Waals surface area contributed by atoms with Gasteiger partial charge in [-0.2, -0.15) is 13.2 Å². The number of ether oxygens (including phenoxy) is 2. The Hall–Kier alpha value is -2.77. The number of hydrogen-bond donors (Lipinski definition) is 0. The summed E-state index contributed by atoms with van der Waals surface area (Å²) in [6.45, 7) is 7.31. The number of carbonyl (C=O) groups excluding carboxylic acids is 1. The Morgan fingerprint density at radius 1 is 1.18 bits per heavy atom. The lowest BCUT2D eigenvalue weighted by Crippen LogP contribution is -2.33. The van der Waals surface area contributed by atoms with Crippen LogP contribution in [0.1, 0.15) is 57.9 Å². The minimum atomic E-state index is -4.45. The lowest BCUT2D eigenvalue weighted by atomic mass is 9.88. The van der Waals surface area contributed by atoms with E-state index in [4.69, 9.17) is 9.47 Å². The van der Waals surface area contributed by atoms with Crippen LogP contribution in [0.4, 0.5) is 18.9 Å². The molecule has 1 aliphatic heterocycles. The Morgan fingerprint density at radius 3 is 2.50 bits per heavy atom. The number of hydrogen-bond acceptors (Lipinski definition) is 5. The second-order valence-electron chi connectivity index (χ2n) is 9.67. The molecular weight excluding hydrogens is 445 g/mol. The van der Waals surface area contributed by atoms with Crippen LogP contribution in [0.3, 0.4) is 0 Å². The Bertz CT molecular complexity index is 1000. The van der Waals surface area contributed by atoms with E-state index in [1.54, 1.807) is 13.1 Å². The van der Waals surface area contributed by atoms with Crippen LogP contribution in [0.2, 0.25) is 0 Å². The van der Waals surface area contributed by atoms with Crippen LogP contribution < -0.4 is 14.4 Å². The molecule has 2 aromatic rings. The standard InChI is InChI=1S/C26H31F3N2O3/c1-17(2)33-24-15-20(8-12-30-24)31-13-9-22(16-31)34-21-6-4-19(5-7-21)18(3)14-23(32)25(10-11-25)26(27,28)29/h4-8,12,15,17-18,22H,9-11,13-14,16H2,1-3H3/t18-,22?/m1/s1. The van der Waals surface area contributed by atoms with Crippen LogP contribution in [0, 0.1) is 5.41 Å². The molecule has 1 saturated heterocycles. The lowest BCUT2D eigenvalue weighted by Gasteiger charge is -2.21. The maximum atomic E-state index is 13.2. The molecule has 8 heteroatoms. The van der Waals surface area contributed by atoms with E-state index in [1.807, 2.05) is 50.2 Å². The molecule has 184 valence electrons. The van der Waals surface area contributed by atoms with E-state index in [9.17, 15) is 18.0 Å². The van der Waals surface area contributed by atoms with Gasteiger partial charge in [0.25, 0.3) is 0 Å². The first-order valence-corrected chi connectivity index (χ1v) is 11.8. The summed E-state index contributed by atoms with van der Waals surface area (Å²) in [4.78, 5) is 18.8. The largest absolute Gasteiger partial charge is 0.489 e. The SMILES string of the molecule is CC(C)Oc1cc(N2CCC(Oc3ccc([C@H](C)CC(=O)C4(C(F)(F)F)CC4)cc3)C2)ccn1. The van der Waals surface area contributed by atoms with Gasteiger partial charge in [-0.15, -0.1) is 0 Å². The maximum Gasteiger partial charge on any atom is 0.401 e. The predicted octanol–water partition coefficient (Wildman–Crippen LogP) is 5.93. The topological polar surface area (TPSA) is 51.7 Å². The molecule has 1 aromatic heterocycles. The van der Waals surface area contributed by atoms with Gasteiger partial charge in [0.1, 0.15) is 23.1 Å². The average molecular weight is 477 g/mol. The van der Waals surface area contributed by atoms with Crippen LogP contribution in [0.15, 0.2) is 42.6 Å². The molecule has 0 N–H and O–H groups in total. The molecule has 34 heavy (non-hydrogen) atoms. The molecule has 1 unspecified atom stereocenters. The summed E-state index contributed by atoms with van der Waals surface area (Å²) >= 11 is 0. The first kappa shape index (κ1) is 24.4. The summed E-state index contributed by atoms with van der Waals surface area (Å²) in [5.41, 5.74) is -0.228. The predicted molar refractivity (Wildman–Crippen MR) is 123 cm³/mol. The number of alkyl halides is 3. The van der Waals surface area contributed by atoms with Crippen LogP contribution in [0.25, 0.3) is 0 Å². The Kier molecular flexibility index (Phi) is 6.78. The molecule has 1 saturated carbocycles. The summed E-state index contributed by atoms with van der Waals surface area (Å²) < 4.78 is 51.4. The smallest absolute Gasteiger partial charge is 0.401 e. The van der Waals surface area contributed by atoms with Crippen molar-refractivity contribution in [2.45, 2.75) is 70.8 Å². The minimum absolute atomic E-state index is 0.0222. The van der Waals surface area contributed by atoms with Gasteiger partial charge in [-0.25, -0.2) is 4.98 Å². The number of nitrogens with zero attached hydrogens (tertiary/aromatic N) is 2. The summed E-state index contributed by atoms with van der Waals surface area (Å²) in [5, 5.41) is 0. The van der Waals surface area contributed by atoms with Crippen molar-refractivity contribution in [3.05, 3.63) is 48.2 Å².